The van der Waals surface area contributed by atoms with Gasteiger partial charge in [-0.3, -0.25) is 4.79 Å². The Morgan fingerprint density at radius 2 is 2.06 bits per heavy atom. The third kappa shape index (κ3) is 3.32. The minimum absolute atomic E-state index is 0.120. The molecule has 0 aliphatic rings. The van der Waals surface area contributed by atoms with Crippen molar-refractivity contribution < 1.29 is 4.79 Å². The van der Waals surface area contributed by atoms with Crippen molar-refractivity contribution in [3.63, 3.8) is 0 Å². The number of nitrogens with zero attached hydrogens (tertiary/aromatic N) is 1. The average molecular weight is 298 g/mol. The molecule has 0 saturated heterocycles. The Hall–Kier alpha value is -0.830. The molecule has 1 aromatic rings. The molecule has 17 heavy (non-hydrogen) atoms. The Kier molecular flexibility index (Phi) is 5.19. The lowest BCUT2D eigenvalue weighted by atomic mass is 10.1. The van der Waals surface area contributed by atoms with Crippen LogP contribution in [0.3, 0.4) is 0 Å². The number of rotatable bonds is 5. The van der Waals surface area contributed by atoms with Gasteiger partial charge in [-0.1, -0.05) is 22.9 Å². The maximum absolute atomic E-state index is 11.7. The van der Waals surface area contributed by atoms with E-state index in [4.69, 9.17) is 0 Å². The normalized spacial score (nSPS) is 12.3. The number of halogens is 1. The summed E-state index contributed by atoms with van der Waals surface area (Å²) in [4.78, 5) is 13.9. The van der Waals surface area contributed by atoms with Crippen molar-refractivity contribution in [2.24, 2.45) is 0 Å². The van der Waals surface area contributed by atoms with Crippen molar-refractivity contribution in [1.29, 1.82) is 0 Å². The van der Waals surface area contributed by atoms with Crippen LogP contribution in [0.15, 0.2) is 22.7 Å². The second kappa shape index (κ2) is 6.20. The molecular formula is C14H20BrNO. The molecule has 1 aromatic carbocycles. The second-order valence-electron chi connectivity index (χ2n) is 4.26. The number of anilines is 1. The topological polar surface area (TPSA) is 20.3 Å². The van der Waals surface area contributed by atoms with Crippen molar-refractivity contribution in [2.45, 2.75) is 40.2 Å². The quantitative estimate of drug-likeness (QED) is 0.756. The van der Waals surface area contributed by atoms with E-state index >= 15 is 0 Å². The summed E-state index contributed by atoms with van der Waals surface area (Å²) < 4.78 is 1.01. The van der Waals surface area contributed by atoms with Gasteiger partial charge in [-0.25, -0.2) is 0 Å². The van der Waals surface area contributed by atoms with Gasteiger partial charge < -0.3 is 4.90 Å². The standard InChI is InChI=1S/C14H20BrNO/c1-5-10(3)16(6-2)14-9-12(15)7-8-13(14)11(4)17/h7-10H,5-6H2,1-4H3. The molecule has 0 spiro atoms. The van der Waals surface area contributed by atoms with Gasteiger partial charge in [-0.15, -0.1) is 0 Å². The Morgan fingerprint density at radius 1 is 1.41 bits per heavy atom. The van der Waals surface area contributed by atoms with Crippen LogP contribution in [0, 0.1) is 0 Å². The maximum atomic E-state index is 11.7. The van der Waals surface area contributed by atoms with Crippen molar-refractivity contribution >= 4 is 27.4 Å². The van der Waals surface area contributed by atoms with Crippen LogP contribution in [0.1, 0.15) is 44.5 Å². The summed E-state index contributed by atoms with van der Waals surface area (Å²) in [6.07, 6.45) is 1.07. The van der Waals surface area contributed by atoms with Crippen LogP contribution in [0.2, 0.25) is 0 Å². The van der Waals surface area contributed by atoms with Gasteiger partial charge in [0.25, 0.3) is 0 Å². The van der Waals surface area contributed by atoms with E-state index in [0.717, 1.165) is 28.7 Å². The van der Waals surface area contributed by atoms with Gasteiger partial charge in [0.05, 0.1) is 0 Å². The monoisotopic (exact) mass is 297 g/mol. The van der Waals surface area contributed by atoms with E-state index < -0.39 is 0 Å². The fourth-order valence-electron chi connectivity index (χ4n) is 1.98. The first-order valence-corrected chi connectivity index (χ1v) is 6.87. The molecule has 0 radical (unpaired) electrons. The summed E-state index contributed by atoms with van der Waals surface area (Å²) in [7, 11) is 0. The smallest absolute Gasteiger partial charge is 0.161 e. The highest BCUT2D eigenvalue weighted by Crippen LogP contribution is 2.27. The van der Waals surface area contributed by atoms with Crippen molar-refractivity contribution in [2.75, 3.05) is 11.4 Å². The van der Waals surface area contributed by atoms with Gasteiger partial charge in [0.1, 0.15) is 0 Å². The lowest BCUT2D eigenvalue weighted by Crippen LogP contribution is -2.33. The highest BCUT2D eigenvalue weighted by molar-refractivity contribution is 9.10. The molecule has 2 nitrogen and oxygen atoms in total. The van der Waals surface area contributed by atoms with Gasteiger partial charge in [0, 0.05) is 28.3 Å². The summed E-state index contributed by atoms with van der Waals surface area (Å²) in [6, 6.07) is 6.29. The lowest BCUT2D eigenvalue weighted by Gasteiger charge is -2.31. The van der Waals surface area contributed by atoms with E-state index in [1.807, 2.05) is 18.2 Å². The number of benzene rings is 1. The van der Waals surface area contributed by atoms with Gasteiger partial charge >= 0.3 is 0 Å². The molecule has 1 unspecified atom stereocenters. The fourth-order valence-corrected chi connectivity index (χ4v) is 2.33. The fraction of sp³-hybridized carbons (Fsp3) is 0.500. The van der Waals surface area contributed by atoms with E-state index in [0.29, 0.717) is 6.04 Å². The molecule has 0 aromatic heterocycles. The predicted molar refractivity (Wildman–Crippen MR) is 76.9 cm³/mol. The van der Waals surface area contributed by atoms with E-state index in [1.54, 1.807) is 6.92 Å². The van der Waals surface area contributed by atoms with E-state index in [2.05, 4.69) is 41.6 Å². The zero-order valence-electron chi connectivity index (χ0n) is 11.0. The number of carbonyl (C=O) groups is 1. The van der Waals surface area contributed by atoms with Crippen LogP contribution >= 0.6 is 15.9 Å². The first-order chi connectivity index (χ1) is 8.01. The molecule has 0 amide bonds. The Morgan fingerprint density at radius 3 is 2.53 bits per heavy atom. The number of hydrogen-bond acceptors (Lipinski definition) is 2. The molecule has 3 heteroatoms. The molecule has 0 aliphatic heterocycles. The predicted octanol–water partition coefficient (Wildman–Crippen LogP) is 4.28. The first-order valence-electron chi connectivity index (χ1n) is 6.08. The van der Waals surface area contributed by atoms with Gasteiger partial charge in [-0.05, 0) is 45.4 Å². The van der Waals surface area contributed by atoms with E-state index in [9.17, 15) is 4.79 Å². The van der Waals surface area contributed by atoms with Gasteiger partial charge in [0.15, 0.2) is 5.78 Å². The maximum Gasteiger partial charge on any atom is 0.161 e. The van der Waals surface area contributed by atoms with Crippen molar-refractivity contribution in [3.05, 3.63) is 28.2 Å². The van der Waals surface area contributed by atoms with Crippen LogP contribution in [-0.4, -0.2) is 18.4 Å². The molecule has 0 saturated carbocycles. The third-order valence-electron chi connectivity index (χ3n) is 3.11. The summed E-state index contributed by atoms with van der Waals surface area (Å²) in [5.74, 6) is 0.120. The van der Waals surface area contributed by atoms with E-state index in [-0.39, 0.29) is 5.78 Å². The first kappa shape index (κ1) is 14.2. The molecule has 0 heterocycles. The number of hydrogen-bond donors (Lipinski definition) is 0. The molecule has 0 bridgehead atoms. The third-order valence-corrected chi connectivity index (χ3v) is 3.61. The van der Waals surface area contributed by atoms with Crippen LogP contribution in [-0.2, 0) is 0 Å². The van der Waals surface area contributed by atoms with Crippen LogP contribution in [0.5, 0.6) is 0 Å². The Balaban J connectivity index is 3.25. The van der Waals surface area contributed by atoms with Gasteiger partial charge in [-0.2, -0.15) is 0 Å². The molecular weight excluding hydrogens is 278 g/mol. The molecule has 0 fully saturated rings. The molecule has 1 atom stereocenters. The van der Waals surface area contributed by atoms with Crippen molar-refractivity contribution in [3.8, 4) is 0 Å². The summed E-state index contributed by atoms with van der Waals surface area (Å²) >= 11 is 3.48. The number of ketones is 1. The Labute approximate surface area is 112 Å². The number of carbonyl (C=O) groups excluding carboxylic acids is 1. The van der Waals surface area contributed by atoms with Crippen molar-refractivity contribution in [1.82, 2.24) is 0 Å². The van der Waals surface area contributed by atoms with Crippen LogP contribution < -0.4 is 4.90 Å². The molecule has 0 N–H and O–H groups in total. The average Bonchev–Trinajstić information content (AvgIpc) is 2.29. The number of Topliss-reactive ketones (excluding diaryl/α,β-unsaturated/α-hetero) is 1. The lowest BCUT2D eigenvalue weighted by molar-refractivity contribution is 0.101. The largest absolute Gasteiger partial charge is 0.368 e. The highest BCUT2D eigenvalue weighted by Gasteiger charge is 2.17. The van der Waals surface area contributed by atoms with Crippen LogP contribution in [0.4, 0.5) is 5.69 Å². The van der Waals surface area contributed by atoms with Crippen LogP contribution in [0.25, 0.3) is 0 Å². The zero-order valence-corrected chi connectivity index (χ0v) is 12.5. The second-order valence-corrected chi connectivity index (χ2v) is 5.18. The summed E-state index contributed by atoms with van der Waals surface area (Å²) in [5.41, 5.74) is 1.83. The molecule has 1 rings (SSSR count). The van der Waals surface area contributed by atoms with E-state index in [1.165, 1.54) is 0 Å². The SMILES string of the molecule is CCC(C)N(CC)c1cc(Br)ccc1C(C)=O. The Bertz CT molecular complexity index is 403. The minimum Gasteiger partial charge on any atom is -0.368 e. The molecule has 94 valence electrons. The van der Waals surface area contributed by atoms with Gasteiger partial charge in [0.2, 0.25) is 0 Å². The molecule has 0 aliphatic carbocycles. The minimum atomic E-state index is 0.120. The summed E-state index contributed by atoms with van der Waals surface area (Å²) in [6.45, 7) is 9.01. The zero-order chi connectivity index (χ0) is 13.0. The summed E-state index contributed by atoms with van der Waals surface area (Å²) in [5, 5.41) is 0. The highest BCUT2D eigenvalue weighted by atomic mass is 79.9.